The van der Waals surface area contributed by atoms with Gasteiger partial charge in [0.2, 0.25) is 11.8 Å². The molecule has 0 bridgehead atoms. The number of carbonyl (C=O) groups excluding carboxylic acids is 2. The monoisotopic (exact) mass is 498 g/mol. The lowest BCUT2D eigenvalue weighted by molar-refractivity contribution is -0.121. The zero-order chi connectivity index (χ0) is 26.7. The van der Waals surface area contributed by atoms with Gasteiger partial charge in [-0.3, -0.25) is 19.0 Å². The molecule has 8 nitrogen and oxygen atoms in total. The van der Waals surface area contributed by atoms with E-state index in [2.05, 4.69) is 10.6 Å². The van der Waals surface area contributed by atoms with Gasteiger partial charge in [-0.25, -0.2) is 9.36 Å². The maximum atomic E-state index is 13.6. The Morgan fingerprint density at radius 3 is 2.24 bits per heavy atom. The van der Waals surface area contributed by atoms with Crippen molar-refractivity contribution < 1.29 is 9.59 Å². The molecule has 0 saturated carbocycles. The highest BCUT2D eigenvalue weighted by molar-refractivity contribution is 5.91. The fourth-order valence-electron chi connectivity index (χ4n) is 4.19. The summed E-state index contributed by atoms with van der Waals surface area (Å²) in [4.78, 5) is 51.9. The van der Waals surface area contributed by atoms with E-state index in [1.807, 2.05) is 45.9 Å². The third kappa shape index (κ3) is 5.69. The summed E-state index contributed by atoms with van der Waals surface area (Å²) in [5.41, 5.74) is 3.18. The molecule has 0 fully saturated rings. The molecule has 2 amide bonds. The van der Waals surface area contributed by atoms with Gasteiger partial charge in [0.1, 0.15) is 6.54 Å². The molecule has 4 rings (SSSR count). The molecule has 0 saturated heterocycles. The number of nitrogens with zero attached hydrogens (tertiary/aromatic N) is 2. The summed E-state index contributed by atoms with van der Waals surface area (Å²) < 4.78 is 2.36. The molecule has 0 radical (unpaired) electrons. The van der Waals surface area contributed by atoms with Crippen LogP contribution in [0.2, 0.25) is 0 Å². The molecule has 1 heterocycles. The van der Waals surface area contributed by atoms with Crippen LogP contribution in [0.3, 0.4) is 0 Å². The molecule has 1 aromatic heterocycles. The van der Waals surface area contributed by atoms with E-state index in [1.54, 1.807) is 48.5 Å². The molecule has 2 N–H and O–H groups in total. The third-order valence-corrected chi connectivity index (χ3v) is 6.15. The van der Waals surface area contributed by atoms with Gasteiger partial charge in [0.05, 0.1) is 23.0 Å². The number of aromatic nitrogens is 2. The fraction of sp³-hybridized carbons (Fsp3) is 0.241. The van der Waals surface area contributed by atoms with E-state index in [9.17, 15) is 19.2 Å². The lowest BCUT2D eigenvalue weighted by Gasteiger charge is -2.15. The number of aryl methyl sites for hydroxylation is 2. The van der Waals surface area contributed by atoms with Gasteiger partial charge in [0, 0.05) is 11.7 Å². The Morgan fingerprint density at radius 2 is 1.57 bits per heavy atom. The quantitative estimate of drug-likeness (QED) is 0.407. The minimum atomic E-state index is -0.621. The Balaban J connectivity index is 1.70. The van der Waals surface area contributed by atoms with Gasteiger partial charge in [-0.1, -0.05) is 30.3 Å². The summed E-state index contributed by atoms with van der Waals surface area (Å²) in [6.07, 6.45) is 0.188. The number of rotatable bonds is 7. The summed E-state index contributed by atoms with van der Waals surface area (Å²) in [6, 6.07) is 19.1. The van der Waals surface area contributed by atoms with Gasteiger partial charge in [-0.05, 0) is 80.8 Å². The Hall–Kier alpha value is -4.46. The SMILES string of the molecule is Cc1ccc(NC(=O)Cn2c(=O)n(-c3ccc(CC(=O)NC(C)C)cc3)c(=O)c3ccccc32)cc1C. The van der Waals surface area contributed by atoms with Crippen LogP contribution < -0.4 is 21.9 Å². The van der Waals surface area contributed by atoms with E-state index < -0.39 is 11.2 Å². The van der Waals surface area contributed by atoms with Gasteiger partial charge in [0.15, 0.2) is 0 Å². The largest absolute Gasteiger partial charge is 0.354 e. The Morgan fingerprint density at radius 1 is 0.865 bits per heavy atom. The highest BCUT2D eigenvalue weighted by Crippen LogP contribution is 2.15. The van der Waals surface area contributed by atoms with Gasteiger partial charge >= 0.3 is 5.69 Å². The smallest absolute Gasteiger partial charge is 0.336 e. The average Bonchev–Trinajstić information content (AvgIpc) is 2.84. The van der Waals surface area contributed by atoms with Crippen molar-refractivity contribution in [3.8, 4) is 5.69 Å². The van der Waals surface area contributed by atoms with Crippen molar-refractivity contribution in [1.29, 1.82) is 0 Å². The first kappa shape index (κ1) is 25.6. The molecular weight excluding hydrogens is 468 g/mol. The summed E-state index contributed by atoms with van der Waals surface area (Å²) in [5, 5.41) is 6.00. The summed E-state index contributed by atoms with van der Waals surface area (Å²) in [7, 11) is 0. The lowest BCUT2D eigenvalue weighted by atomic mass is 10.1. The van der Waals surface area contributed by atoms with Crippen molar-refractivity contribution in [2.24, 2.45) is 0 Å². The van der Waals surface area contributed by atoms with Crippen LogP contribution in [0.1, 0.15) is 30.5 Å². The van der Waals surface area contributed by atoms with E-state index in [0.29, 0.717) is 22.3 Å². The summed E-state index contributed by atoms with van der Waals surface area (Å²) in [6.45, 7) is 7.46. The Kier molecular flexibility index (Phi) is 7.38. The first-order valence-electron chi connectivity index (χ1n) is 12.1. The third-order valence-electron chi connectivity index (χ3n) is 6.15. The number of benzene rings is 3. The Labute approximate surface area is 214 Å². The molecule has 0 aliphatic heterocycles. The van der Waals surface area contributed by atoms with Crippen molar-refractivity contribution in [2.75, 3.05) is 5.32 Å². The number of amides is 2. The zero-order valence-corrected chi connectivity index (χ0v) is 21.4. The van der Waals surface area contributed by atoms with Crippen LogP contribution in [0.15, 0.2) is 76.3 Å². The number of para-hydroxylation sites is 1. The number of hydrogen-bond donors (Lipinski definition) is 2. The van der Waals surface area contributed by atoms with Crippen LogP contribution in [0.5, 0.6) is 0 Å². The number of fused-ring (bicyclic) bond motifs is 1. The predicted octanol–water partition coefficient (Wildman–Crippen LogP) is 3.48. The maximum Gasteiger partial charge on any atom is 0.336 e. The van der Waals surface area contributed by atoms with E-state index in [0.717, 1.165) is 21.3 Å². The molecule has 0 spiro atoms. The van der Waals surface area contributed by atoms with E-state index in [-0.39, 0.29) is 30.8 Å². The normalized spacial score (nSPS) is 11.1. The van der Waals surface area contributed by atoms with E-state index in [1.165, 1.54) is 4.57 Å². The first-order valence-corrected chi connectivity index (χ1v) is 12.1. The van der Waals surface area contributed by atoms with Crippen LogP contribution >= 0.6 is 0 Å². The zero-order valence-electron chi connectivity index (χ0n) is 21.4. The Bertz CT molecular complexity index is 1600. The van der Waals surface area contributed by atoms with Crippen molar-refractivity contribution in [1.82, 2.24) is 14.5 Å². The van der Waals surface area contributed by atoms with Crippen LogP contribution in [0, 0.1) is 13.8 Å². The number of hydrogen-bond acceptors (Lipinski definition) is 4. The maximum absolute atomic E-state index is 13.6. The fourth-order valence-corrected chi connectivity index (χ4v) is 4.19. The molecular formula is C29H30N4O4. The predicted molar refractivity (Wildman–Crippen MR) is 145 cm³/mol. The van der Waals surface area contributed by atoms with Crippen molar-refractivity contribution in [3.05, 3.63) is 104 Å². The van der Waals surface area contributed by atoms with Crippen molar-refractivity contribution >= 4 is 28.4 Å². The van der Waals surface area contributed by atoms with Crippen molar-refractivity contribution in [2.45, 2.75) is 46.7 Å². The van der Waals surface area contributed by atoms with Crippen LogP contribution in [-0.4, -0.2) is 27.0 Å². The van der Waals surface area contributed by atoms with E-state index >= 15 is 0 Å². The topological polar surface area (TPSA) is 102 Å². The van der Waals surface area contributed by atoms with Gasteiger partial charge in [-0.15, -0.1) is 0 Å². The van der Waals surface area contributed by atoms with Crippen LogP contribution in [0.25, 0.3) is 16.6 Å². The number of carbonyl (C=O) groups is 2. The number of nitrogens with one attached hydrogen (secondary N) is 2. The molecule has 0 atom stereocenters. The molecule has 4 aromatic rings. The molecule has 0 unspecified atom stereocenters. The van der Waals surface area contributed by atoms with Gasteiger partial charge in [-0.2, -0.15) is 0 Å². The average molecular weight is 499 g/mol. The van der Waals surface area contributed by atoms with Crippen molar-refractivity contribution in [3.63, 3.8) is 0 Å². The molecule has 190 valence electrons. The molecule has 3 aromatic carbocycles. The van der Waals surface area contributed by atoms with Gasteiger partial charge < -0.3 is 10.6 Å². The second-order valence-corrected chi connectivity index (χ2v) is 9.44. The second-order valence-electron chi connectivity index (χ2n) is 9.44. The molecule has 0 aliphatic rings. The summed E-state index contributed by atoms with van der Waals surface area (Å²) in [5.74, 6) is -0.491. The minimum absolute atomic E-state index is 0.0358. The number of anilines is 1. The highest BCUT2D eigenvalue weighted by Gasteiger charge is 2.17. The standard InChI is InChI=1S/C29H30N4O4/c1-18(2)30-26(34)16-21-10-13-23(14-11-21)33-28(36)24-7-5-6-8-25(24)32(29(33)37)17-27(35)31-22-12-9-19(3)20(4)15-22/h5-15,18H,16-17H2,1-4H3,(H,30,34)(H,31,35). The van der Waals surface area contributed by atoms with Crippen LogP contribution in [-0.2, 0) is 22.6 Å². The molecule has 37 heavy (non-hydrogen) atoms. The minimum Gasteiger partial charge on any atom is -0.354 e. The molecule has 8 heteroatoms. The first-order chi connectivity index (χ1) is 17.6. The molecule has 0 aliphatic carbocycles. The van der Waals surface area contributed by atoms with Gasteiger partial charge in [0.25, 0.3) is 5.56 Å². The van der Waals surface area contributed by atoms with Crippen LogP contribution in [0.4, 0.5) is 5.69 Å². The second kappa shape index (κ2) is 10.7. The lowest BCUT2D eigenvalue weighted by Crippen LogP contribution is -2.40. The summed E-state index contributed by atoms with van der Waals surface area (Å²) >= 11 is 0. The van der Waals surface area contributed by atoms with E-state index in [4.69, 9.17) is 0 Å². The highest BCUT2D eigenvalue weighted by atomic mass is 16.2.